The summed E-state index contributed by atoms with van der Waals surface area (Å²) in [5, 5.41) is 49.2. The molecule has 1 aliphatic heterocycles. The summed E-state index contributed by atoms with van der Waals surface area (Å²) in [5.74, 6) is -1.40. The molecule has 4 rings (SSSR count). The molecule has 0 saturated carbocycles. The number of benzene rings is 2. The van der Waals surface area contributed by atoms with Crippen LogP contribution >= 0.6 is 0 Å². The maximum atomic E-state index is 12.6. The van der Waals surface area contributed by atoms with Gasteiger partial charge in [-0.05, 0) is 24.3 Å². The van der Waals surface area contributed by atoms with E-state index < -0.39 is 47.9 Å². The molecule has 33 heavy (non-hydrogen) atoms. The maximum absolute atomic E-state index is 12.6. The lowest BCUT2D eigenvalue weighted by Gasteiger charge is -2.38. The average Bonchev–Trinajstić information content (AvgIpc) is 2.78. The van der Waals surface area contributed by atoms with E-state index in [9.17, 15) is 30.0 Å². The number of aliphatic carboxylic acids is 1. The molecule has 3 aromatic rings. The number of rotatable bonds is 5. The smallest absolute Gasteiger partial charge is 0.335 e. The fraction of sp³-hybridized carbons (Fsp3) is 0.273. The number of aliphatic hydroxyl groups excluding tert-OH is 3. The number of hydrogen-bond acceptors (Lipinski definition) is 10. The van der Waals surface area contributed by atoms with Crippen molar-refractivity contribution in [3.63, 3.8) is 0 Å². The van der Waals surface area contributed by atoms with Crippen molar-refractivity contribution >= 4 is 16.9 Å². The van der Waals surface area contributed by atoms with Crippen molar-refractivity contribution in [3.8, 4) is 28.6 Å². The van der Waals surface area contributed by atoms with Crippen LogP contribution in [0.2, 0.25) is 0 Å². The molecule has 2 heterocycles. The number of hydrogen-bond donors (Lipinski definition) is 5. The van der Waals surface area contributed by atoms with Gasteiger partial charge < -0.3 is 44.2 Å². The molecular weight excluding hydrogens is 440 g/mol. The zero-order valence-corrected chi connectivity index (χ0v) is 17.1. The van der Waals surface area contributed by atoms with Crippen molar-refractivity contribution in [2.24, 2.45) is 0 Å². The molecule has 11 heteroatoms. The summed E-state index contributed by atoms with van der Waals surface area (Å²) in [6, 6.07) is 10.2. The second-order valence-electron chi connectivity index (χ2n) is 7.37. The summed E-state index contributed by atoms with van der Waals surface area (Å²) in [5.41, 5.74) is -0.0124. The van der Waals surface area contributed by atoms with Crippen LogP contribution in [0.15, 0.2) is 51.7 Å². The van der Waals surface area contributed by atoms with E-state index in [0.717, 1.165) is 6.07 Å². The molecule has 0 spiro atoms. The van der Waals surface area contributed by atoms with Gasteiger partial charge in [0.15, 0.2) is 11.5 Å². The van der Waals surface area contributed by atoms with Crippen molar-refractivity contribution in [2.45, 2.75) is 30.7 Å². The molecule has 1 fully saturated rings. The van der Waals surface area contributed by atoms with Gasteiger partial charge in [0.1, 0.15) is 52.3 Å². The normalized spacial score (nSPS) is 25.0. The zero-order chi connectivity index (χ0) is 23.9. The molecule has 0 aliphatic carbocycles. The number of carboxylic acid groups (broad SMARTS) is 1. The molecule has 1 aliphatic rings. The van der Waals surface area contributed by atoms with Crippen LogP contribution in [0.25, 0.3) is 22.3 Å². The fourth-order valence-electron chi connectivity index (χ4n) is 3.49. The second-order valence-corrected chi connectivity index (χ2v) is 7.37. The predicted octanol–water partition coefficient (Wildman–Crippen LogP) is 0.445. The zero-order valence-electron chi connectivity index (χ0n) is 17.1. The summed E-state index contributed by atoms with van der Waals surface area (Å²) in [6.07, 6.45) is -9.10. The minimum Gasteiger partial charge on any atom is -0.507 e. The molecule has 0 amide bonds. The lowest BCUT2D eigenvalue weighted by Crippen LogP contribution is -2.61. The minimum absolute atomic E-state index is 0.0519. The van der Waals surface area contributed by atoms with Crippen LogP contribution in [0.5, 0.6) is 17.2 Å². The molecule has 11 nitrogen and oxygen atoms in total. The average molecular weight is 460 g/mol. The van der Waals surface area contributed by atoms with Crippen LogP contribution in [0.3, 0.4) is 0 Å². The van der Waals surface area contributed by atoms with E-state index in [1.54, 1.807) is 24.3 Å². The molecule has 1 aromatic heterocycles. The second kappa shape index (κ2) is 8.71. The van der Waals surface area contributed by atoms with E-state index in [2.05, 4.69) is 0 Å². The van der Waals surface area contributed by atoms with Gasteiger partial charge in [0.25, 0.3) is 0 Å². The largest absolute Gasteiger partial charge is 0.507 e. The Morgan fingerprint density at radius 2 is 1.67 bits per heavy atom. The predicted molar refractivity (Wildman–Crippen MR) is 111 cm³/mol. The van der Waals surface area contributed by atoms with Gasteiger partial charge in [-0.25, -0.2) is 4.79 Å². The van der Waals surface area contributed by atoms with E-state index in [-0.39, 0.29) is 22.5 Å². The standard InChI is InChI=1S/C22H20O11/c1-30-10-4-2-9(3-5-10)14-8-13(24)16-12(23)6-11(7-15(16)32-14)31-22-19(27)17(25)18(26)20(33-22)21(28)29/h2-8,17-20,22-23,25-27H,1H3,(H,28,29). The summed E-state index contributed by atoms with van der Waals surface area (Å²) < 4.78 is 21.4. The Morgan fingerprint density at radius 3 is 2.30 bits per heavy atom. The lowest BCUT2D eigenvalue weighted by molar-refractivity contribution is -0.271. The van der Waals surface area contributed by atoms with E-state index in [0.29, 0.717) is 11.3 Å². The quantitative estimate of drug-likeness (QED) is 0.357. The summed E-state index contributed by atoms with van der Waals surface area (Å²) >= 11 is 0. The van der Waals surface area contributed by atoms with E-state index in [4.69, 9.17) is 23.7 Å². The molecule has 5 atom stereocenters. The Labute approximate surface area is 185 Å². The Balaban J connectivity index is 1.70. The number of phenols is 1. The Hall–Kier alpha value is -3.64. The van der Waals surface area contributed by atoms with Crippen LogP contribution in [0.4, 0.5) is 0 Å². The van der Waals surface area contributed by atoms with Gasteiger partial charge in [0.2, 0.25) is 6.29 Å². The maximum Gasteiger partial charge on any atom is 0.335 e. The van der Waals surface area contributed by atoms with Gasteiger partial charge in [0.05, 0.1) is 7.11 Å². The highest BCUT2D eigenvalue weighted by atomic mass is 16.7. The highest BCUT2D eigenvalue weighted by Gasteiger charge is 2.48. The highest BCUT2D eigenvalue weighted by Crippen LogP contribution is 2.33. The number of aliphatic hydroxyl groups is 3. The summed E-state index contributed by atoms with van der Waals surface area (Å²) in [7, 11) is 1.51. The first kappa shape index (κ1) is 22.6. The number of carboxylic acids is 1. The molecule has 174 valence electrons. The van der Waals surface area contributed by atoms with Crippen molar-refractivity contribution < 1.29 is 49.0 Å². The Kier molecular flexibility index (Phi) is 5.95. The van der Waals surface area contributed by atoms with Gasteiger partial charge in [-0.2, -0.15) is 0 Å². The first-order chi connectivity index (χ1) is 15.7. The highest BCUT2D eigenvalue weighted by molar-refractivity contribution is 5.86. The molecule has 5 N–H and O–H groups in total. The minimum atomic E-state index is -1.88. The van der Waals surface area contributed by atoms with E-state index >= 15 is 0 Å². The molecule has 2 aromatic carbocycles. The number of aromatic hydroxyl groups is 1. The topological polar surface area (TPSA) is 176 Å². The van der Waals surface area contributed by atoms with Crippen LogP contribution in [-0.4, -0.2) is 69.3 Å². The van der Waals surface area contributed by atoms with E-state index in [1.807, 2.05) is 0 Å². The van der Waals surface area contributed by atoms with Crippen molar-refractivity contribution in [1.82, 2.24) is 0 Å². The Bertz CT molecular complexity index is 1230. The number of carbonyl (C=O) groups is 1. The van der Waals surface area contributed by atoms with Gasteiger partial charge in [-0.3, -0.25) is 4.79 Å². The Morgan fingerprint density at radius 1 is 0.970 bits per heavy atom. The SMILES string of the molecule is COc1ccc(-c2cc(=O)c3c(O)cc(OC4OC(C(=O)O)C(O)C(O)C4O)cc3o2)cc1. The van der Waals surface area contributed by atoms with Crippen molar-refractivity contribution in [1.29, 1.82) is 0 Å². The third-order valence-corrected chi connectivity index (χ3v) is 5.22. The summed E-state index contributed by atoms with van der Waals surface area (Å²) in [4.78, 5) is 23.9. The first-order valence-electron chi connectivity index (χ1n) is 9.74. The van der Waals surface area contributed by atoms with Gasteiger partial charge in [-0.15, -0.1) is 0 Å². The molecule has 0 bridgehead atoms. The van der Waals surface area contributed by atoms with Crippen molar-refractivity contribution in [3.05, 3.63) is 52.7 Å². The number of fused-ring (bicyclic) bond motifs is 1. The molecular formula is C22H20O11. The van der Waals surface area contributed by atoms with Crippen LogP contribution in [0.1, 0.15) is 0 Å². The van der Waals surface area contributed by atoms with Gasteiger partial charge in [0, 0.05) is 23.8 Å². The van der Waals surface area contributed by atoms with E-state index in [1.165, 1.54) is 19.2 Å². The lowest BCUT2D eigenvalue weighted by atomic mass is 9.99. The molecule has 5 unspecified atom stereocenters. The van der Waals surface area contributed by atoms with Crippen LogP contribution in [-0.2, 0) is 9.53 Å². The third kappa shape index (κ3) is 4.22. The van der Waals surface area contributed by atoms with Crippen molar-refractivity contribution in [2.75, 3.05) is 7.11 Å². The number of ether oxygens (including phenoxy) is 3. The first-order valence-corrected chi connectivity index (χ1v) is 9.74. The fourth-order valence-corrected chi connectivity index (χ4v) is 3.49. The monoisotopic (exact) mass is 460 g/mol. The van der Waals surface area contributed by atoms with Crippen LogP contribution < -0.4 is 14.9 Å². The number of methoxy groups -OCH3 is 1. The van der Waals surface area contributed by atoms with Crippen LogP contribution in [0, 0.1) is 0 Å². The number of phenolic OH excluding ortho intramolecular Hbond substituents is 1. The van der Waals surface area contributed by atoms with Gasteiger partial charge >= 0.3 is 5.97 Å². The molecule has 0 radical (unpaired) electrons. The third-order valence-electron chi connectivity index (χ3n) is 5.22. The summed E-state index contributed by atoms with van der Waals surface area (Å²) in [6.45, 7) is 0. The molecule has 1 saturated heterocycles. The van der Waals surface area contributed by atoms with Gasteiger partial charge in [-0.1, -0.05) is 0 Å².